The fourth-order valence-electron chi connectivity index (χ4n) is 5.62. The van der Waals surface area contributed by atoms with Crippen LogP contribution in [0.4, 0.5) is 0 Å². The lowest BCUT2D eigenvalue weighted by molar-refractivity contribution is -0.145. The first kappa shape index (κ1) is 56.4. The van der Waals surface area contributed by atoms with E-state index in [1.54, 1.807) is 30.3 Å². The van der Waals surface area contributed by atoms with Gasteiger partial charge < -0.3 is 56.8 Å². The van der Waals surface area contributed by atoms with Gasteiger partial charge in [0, 0.05) is 12.0 Å². The van der Waals surface area contributed by atoms with Crippen molar-refractivity contribution in [2.45, 2.75) is 96.8 Å². The molecule has 0 heterocycles. The van der Waals surface area contributed by atoms with Crippen molar-refractivity contribution >= 4 is 17.7 Å². The summed E-state index contributed by atoms with van der Waals surface area (Å²) in [5.41, 5.74) is 0.293. The van der Waals surface area contributed by atoms with E-state index in [0.29, 0.717) is 138 Å². The van der Waals surface area contributed by atoms with Gasteiger partial charge in [-0.25, -0.2) is 4.79 Å². The van der Waals surface area contributed by atoms with E-state index >= 15 is 0 Å². The minimum absolute atomic E-state index is 0.00642. The first-order valence-electron chi connectivity index (χ1n) is 22.8. The van der Waals surface area contributed by atoms with E-state index in [2.05, 4.69) is 6.92 Å². The molecule has 1 aromatic rings. The van der Waals surface area contributed by atoms with Crippen molar-refractivity contribution < 1.29 is 71.2 Å². The van der Waals surface area contributed by atoms with Gasteiger partial charge in [-0.2, -0.15) is 0 Å². The zero-order valence-corrected chi connectivity index (χ0v) is 37.5. The van der Waals surface area contributed by atoms with Crippen molar-refractivity contribution in [3.05, 3.63) is 35.9 Å². The van der Waals surface area contributed by atoms with Crippen molar-refractivity contribution in [1.82, 2.24) is 0 Å². The maximum atomic E-state index is 11.9. The third-order valence-electron chi connectivity index (χ3n) is 9.01. The molecule has 0 amide bonds. The highest BCUT2D eigenvalue weighted by Crippen LogP contribution is 2.13. The number of rotatable bonds is 49. The Morgan fingerprint density at radius 2 is 0.623 bits per heavy atom. The predicted octanol–water partition coefficient (Wildman–Crippen LogP) is 6.60. The van der Waals surface area contributed by atoms with Gasteiger partial charge in [-0.3, -0.25) is 9.59 Å². The Morgan fingerprint density at radius 3 is 0.951 bits per heavy atom. The van der Waals surface area contributed by atoms with Crippen LogP contribution in [0.25, 0.3) is 0 Å². The van der Waals surface area contributed by atoms with Gasteiger partial charge in [0.1, 0.15) is 13.2 Å². The van der Waals surface area contributed by atoms with E-state index in [1.807, 2.05) is 0 Å². The first-order chi connectivity index (χ1) is 30.1. The molecule has 0 fully saturated rings. The Morgan fingerprint density at radius 1 is 0.344 bits per heavy atom. The van der Waals surface area contributed by atoms with E-state index < -0.39 is 11.8 Å². The van der Waals surface area contributed by atoms with Gasteiger partial charge in [0.15, 0.2) is 0 Å². The lowest BCUT2D eigenvalue weighted by atomic mass is 10.0. The van der Waals surface area contributed by atoms with Crippen LogP contribution < -0.4 is 0 Å². The second-order valence-electron chi connectivity index (χ2n) is 14.2. The molecule has 0 aliphatic carbocycles. The lowest BCUT2D eigenvalue weighted by Gasteiger charge is -2.09. The number of ketones is 1. The minimum Gasteiger partial charge on any atom is -0.463 e. The number of esters is 2. The van der Waals surface area contributed by atoms with Crippen LogP contribution in [0.1, 0.15) is 107 Å². The Labute approximate surface area is 366 Å². The molecule has 1 aromatic carbocycles. The fraction of sp³-hybridized carbons (Fsp3) is 0.804. The van der Waals surface area contributed by atoms with Gasteiger partial charge in [0.2, 0.25) is 0 Å². The van der Waals surface area contributed by atoms with Gasteiger partial charge in [-0.15, -0.1) is 0 Å². The van der Waals surface area contributed by atoms with Gasteiger partial charge in [-0.05, 0) is 6.42 Å². The molecule has 0 saturated carbocycles. The molecule has 354 valence electrons. The quantitative estimate of drug-likeness (QED) is 0.0298. The van der Waals surface area contributed by atoms with Gasteiger partial charge in [0.25, 0.3) is 5.78 Å². The number of carbonyl (C=O) groups is 3. The van der Waals surface area contributed by atoms with Gasteiger partial charge in [0.05, 0.1) is 132 Å². The SMILES string of the molecule is CCCCCCCCCCCCCCCC(=O)OCCOCCOCCOCCOCCOCCOCCOCCOCCOCCOCCOC(=O)C(=O)c1ccccc1. The average molecular weight is 873 g/mol. The van der Waals surface area contributed by atoms with Crippen molar-refractivity contribution in [3.8, 4) is 0 Å². The maximum Gasteiger partial charge on any atom is 0.379 e. The average Bonchev–Trinajstić information content (AvgIpc) is 3.28. The first-order valence-corrected chi connectivity index (χ1v) is 22.8. The summed E-state index contributed by atoms with van der Waals surface area (Å²) >= 11 is 0. The molecule has 15 nitrogen and oxygen atoms in total. The zero-order valence-electron chi connectivity index (χ0n) is 37.5. The van der Waals surface area contributed by atoms with Crippen molar-refractivity contribution in [2.75, 3.05) is 145 Å². The molecule has 0 atom stereocenters. The van der Waals surface area contributed by atoms with Crippen LogP contribution in [0.3, 0.4) is 0 Å². The molecule has 0 radical (unpaired) electrons. The number of hydrogen-bond donors (Lipinski definition) is 0. The second kappa shape index (κ2) is 46.9. The smallest absolute Gasteiger partial charge is 0.379 e. The second-order valence-corrected chi connectivity index (χ2v) is 14.2. The lowest BCUT2D eigenvalue weighted by Crippen LogP contribution is -2.20. The summed E-state index contributed by atoms with van der Waals surface area (Å²) in [6.07, 6.45) is 17.2. The summed E-state index contributed by atoms with van der Waals surface area (Å²) in [6.45, 7) is 11.2. The van der Waals surface area contributed by atoms with Crippen LogP contribution in [0.2, 0.25) is 0 Å². The molecule has 0 bridgehead atoms. The van der Waals surface area contributed by atoms with E-state index in [1.165, 1.54) is 70.6 Å². The normalized spacial score (nSPS) is 11.3. The molecule has 0 spiro atoms. The van der Waals surface area contributed by atoms with Crippen LogP contribution in [0, 0.1) is 0 Å². The fourth-order valence-corrected chi connectivity index (χ4v) is 5.62. The third kappa shape index (κ3) is 41.2. The minimum atomic E-state index is -0.899. The molecular weight excluding hydrogens is 792 g/mol. The largest absolute Gasteiger partial charge is 0.463 e. The Bertz CT molecular complexity index is 1090. The molecule has 0 saturated heterocycles. The molecule has 0 aliphatic heterocycles. The molecule has 0 unspecified atom stereocenters. The standard InChI is InChI=1S/C46H80O15/c1-2-3-4-5-6-7-8-9-10-11-12-13-17-20-44(47)60-41-39-58-37-35-56-33-31-54-29-27-52-25-23-50-21-22-51-24-26-53-28-30-55-32-34-57-36-38-59-40-42-61-46(49)45(48)43-18-15-14-16-19-43/h14-16,18-19H,2-13,17,20-42H2,1H3. The van der Waals surface area contributed by atoms with Gasteiger partial charge in [-0.1, -0.05) is 114 Å². The van der Waals surface area contributed by atoms with E-state index in [4.69, 9.17) is 56.8 Å². The van der Waals surface area contributed by atoms with Crippen LogP contribution >= 0.6 is 0 Å². The number of carbonyl (C=O) groups excluding carboxylic acids is 3. The molecule has 1 rings (SSSR count). The molecular formula is C46H80O15. The molecule has 0 aliphatic rings. The molecule has 61 heavy (non-hydrogen) atoms. The Hall–Kier alpha value is -2.57. The summed E-state index contributed by atoms with van der Waals surface area (Å²) in [7, 11) is 0. The highest BCUT2D eigenvalue weighted by Gasteiger charge is 2.17. The Balaban J connectivity index is 1.65. The van der Waals surface area contributed by atoms with E-state index in [0.717, 1.165) is 12.8 Å². The van der Waals surface area contributed by atoms with Crippen LogP contribution in [0.5, 0.6) is 0 Å². The Kier molecular flexibility index (Phi) is 43.4. The number of benzene rings is 1. The highest BCUT2D eigenvalue weighted by atomic mass is 16.6. The summed E-state index contributed by atoms with van der Waals surface area (Å²) in [4.78, 5) is 35.6. The van der Waals surface area contributed by atoms with E-state index in [9.17, 15) is 14.4 Å². The van der Waals surface area contributed by atoms with Crippen LogP contribution in [-0.2, 0) is 66.4 Å². The number of unbranched alkanes of at least 4 members (excludes halogenated alkanes) is 12. The molecule has 15 heteroatoms. The van der Waals surface area contributed by atoms with Crippen LogP contribution in [0.15, 0.2) is 30.3 Å². The summed E-state index contributed by atoms with van der Waals surface area (Å²) in [6, 6.07) is 8.26. The van der Waals surface area contributed by atoms with Crippen LogP contribution in [-0.4, -0.2) is 163 Å². The number of ether oxygens (including phenoxy) is 12. The monoisotopic (exact) mass is 873 g/mol. The molecule has 0 aromatic heterocycles. The zero-order chi connectivity index (χ0) is 43.8. The summed E-state index contributed by atoms with van der Waals surface area (Å²) in [5.74, 6) is -1.72. The van der Waals surface area contributed by atoms with Crippen molar-refractivity contribution in [2.24, 2.45) is 0 Å². The summed E-state index contributed by atoms with van der Waals surface area (Å²) < 4.78 is 64.8. The maximum absolute atomic E-state index is 11.9. The predicted molar refractivity (Wildman–Crippen MR) is 231 cm³/mol. The number of Topliss-reactive ketones (excluding diaryl/α,β-unsaturated/α-hetero) is 1. The topological polar surface area (TPSA) is 162 Å². The van der Waals surface area contributed by atoms with Crippen molar-refractivity contribution in [3.63, 3.8) is 0 Å². The third-order valence-corrected chi connectivity index (χ3v) is 9.01. The van der Waals surface area contributed by atoms with Gasteiger partial charge >= 0.3 is 11.9 Å². The highest BCUT2D eigenvalue weighted by molar-refractivity contribution is 6.40. The summed E-state index contributed by atoms with van der Waals surface area (Å²) in [5, 5.41) is 0. The van der Waals surface area contributed by atoms with Crippen molar-refractivity contribution in [1.29, 1.82) is 0 Å². The van der Waals surface area contributed by atoms with E-state index in [-0.39, 0.29) is 25.8 Å². The molecule has 0 N–H and O–H groups in total. The number of hydrogen-bond acceptors (Lipinski definition) is 15.